The van der Waals surface area contributed by atoms with E-state index in [1.54, 1.807) is 0 Å². The van der Waals surface area contributed by atoms with Crippen molar-refractivity contribution in [3.63, 3.8) is 0 Å². The Hall–Kier alpha value is -6.12. The number of ether oxygens (including phenoxy) is 1. The van der Waals surface area contributed by atoms with Crippen LogP contribution in [0.1, 0.15) is 42.2 Å². The standard InChI is InChI=1S/C49H34O2/c1-49(2)39-24-23-32(27-38(39)47-40(49)25-26-43-48(47)37-16-8-10-18-42(37)51-43)46-35-14-6-4-12-33(35)45(34-13-5-7-15-36(34)46)30-21-19-29(20-22-30)44-28-31-11-3-9-17-41(31)50-44/h3-27,44H,28H2,1-2H3. The van der Waals surface area contributed by atoms with Gasteiger partial charge < -0.3 is 9.15 Å². The predicted molar refractivity (Wildman–Crippen MR) is 211 cm³/mol. The largest absolute Gasteiger partial charge is 0.485 e. The summed E-state index contributed by atoms with van der Waals surface area (Å²) in [5.41, 5.74) is 14.6. The minimum atomic E-state index is -0.123. The van der Waals surface area contributed by atoms with Crippen LogP contribution in [0.25, 0.3) is 76.9 Å². The lowest BCUT2D eigenvalue weighted by Crippen LogP contribution is -2.14. The highest BCUT2D eigenvalue weighted by Gasteiger charge is 2.38. The van der Waals surface area contributed by atoms with E-state index in [1.807, 2.05) is 6.07 Å². The summed E-state index contributed by atoms with van der Waals surface area (Å²) in [4.78, 5) is 0. The fourth-order valence-electron chi connectivity index (χ4n) is 9.20. The van der Waals surface area contributed by atoms with E-state index in [-0.39, 0.29) is 11.5 Å². The van der Waals surface area contributed by atoms with E-state index in [4.69, 9.17) is 9.15 Å². The Balaban J connectivity index is 1.11. The molecule has 1 aliphatic carbocycles. The van der Waals surface area contributed by atoms with Crippen LogP contribution in [0.5, 0.6) is 5.75 Å². The first-order valence-electron chi connectivity index (χ1n) is 17.9. The normalized spacial score (nSPS) is 15.7. The summed E-state index contributed by atoms with van der Waals surface area (Å²) in [6.45, 7) is 4.71. The molecule has 8 aromatic carbocycles. The van der Waals surface area contributed by atoms with Gasteiger partial charge in [0.2, 0.25) is 0 Å². The van der Waals surface area contributed by atoms with Gasteiger partial charge in [-0.05, 0) is 101 Å². The lowest BCUT2D eigenvalue weighted by molar-refractivity contribution is 0.239. The lowest BCUT2D eigenvalue weighted by atomic mass is 9.81. The zero-order chi connectivity index (χ0) is 33.8. The van der Waals surface area contributed by atoms with Crippen molar-refractivity contribution in [2.75, 3.05) is 0 Å². The molecular weight excluding hydrogens is 621 g/mol. The van der Waals surface area contributed by atoms with Crippen LogP contribution in [0.4, 0.5) is 0 Å². The maximum atomic E-state index is 6.39. The van der Waals surface area contributed by atoms with Crippen LogP contribution >= 0.6 is 0 Å². The highest BCUT2D eigenvalue weighted by Crippen LogP contribution is 2.54. The van der Waals surface area contributed by atoms with Gasteiger partial charge in [-0.15, -0.1) is 0 Å². The van der Waals surface area contributed by atoms with Crippen molar-refractivity contribution in [1.29, 1.82) is 0 Å². The van der Waals surface area contributed by atoms with Gasteiger partial charge in [-0.2, -0.15) is 0 Å². The van der Waals surface area contributed by atoms with E-state index < -0.39 is 0 Å². The van der Waals surface area contributed by atoms with Gasteiger partial charge in [-0.1, -0.05) is 141 Å². The van der Waals surface area contributed by atoms with E-state index in [0.717, 1.165) is 23.3 Å². The van der Waals surface area contributed by atoms with Gasteiger partial charge in [-0.3, -0.25) is 0 Å². The van der Waals surface area contributed by atoms with Crippen LogP contribution in [-0.2, 0) is 11.8 Å². The molecule has 0 spiro atoms. The third-order valence-corrected chi connectivity index (χ3v) is 11.6. The molecule has 0 saturated heterocycles. The number of hydrogen-bond donors (Lipinski definition) is 0. The van der Waals surface area contributed by atoms with Crippen molar-refractivity contribution in [2.45, 2.75) is 31.8 Å². The molecule has 0 bridgehead atoms. The summed E-state index contributed by atoms with van der Waals surface area (Å²) >= 11 is 0. The van der Waals surface area contributed by atoms with Gasteiger partial charge in [0.1, 0.15) is 23.0 Å². The fraction of sp³-hybridized carbons (Fsp3) is 0.102. The Morgan fingerprint density at radius 2 is 1.10 bits per heavy atom. The summed E-state index contributed by atoms with van der Waals surface area (Å²) in [5.74, 6) is 1.00. The first kappa shape index (κ1) is 28.7. The van der Waals surface area contributed by atoms with Crippen LogP contribution in [0.15, 0.2) is 156 Å². The van der Waals surface area contributed by atoms with Crippen LogP contribution in [0, 0.1) is 0 Å². The molecule has 0 radical (unpaired) electrons. The highest BCUT2D eigenvalue weighted by atomic mass is 16.5. The molecule has 1 unspecified atom stereocenters. The Bertz CT molecular complexity index is 2810. The van der Waals surface area contributed by atoms with Crippen molar-refractivity contribution < 1.29 is 9.15 Å². The molecule has 1 aromatic heterocycles. The van der Waals surface area contributed by atoms with Gasteiger partial charge in [0.25, 0.3) is 0 Å². The number of rotatable bonds is 3. The second kappa shape index (κ2) is 10.4. The third-order valence-electron chi connectivity index (χ3n) is 11.6. The zero-order valence-corrected chi connectivity index (χ0v) is 28.5. The summed E-state index contributed by atoms with van der Waals surface area (Å²) in [6.07, 6.45) is 0.949. The molecule has 51 heavy (non-hydrogen) atoms. The molecule has 2 heterocycles. The van der Waals surface area contributed by atoms with Gasteiger partial charge in [0, 0.05) is 22.6 Å². The number of hydrogen-bond acceptors (Lipinski definition) is 2. The van der Waals surface area contributed by atoms with E-state index in [0.29, 0.717) is 0 Å². The molecule has 2 heteroatoms. The monoisotopic (exact) mass is 654 g/mol. The molecule has 1 aliphatic heterocycles. The number of para-hydroxylation sites is 2. The average molecular weight is 655 g/mol. The number of furan rings is 1. The first-order valence-corrected chi connectivity index (χ1v) is 17.9. The number of benzene rings is 8. The SMILES string of the molecule is CC1(C)c2ccc(-c3c4ccccc4c(-c4ccc(C5Cc6ccccc6O5)cc4)c4ccccc34)cc2-c2c1ccc1oc3ccccc3c21. The van der Waals surface area contributed by atoms with Crippen molar-refractivity contribution in [2.24, 2.45) is 0 Å². The van der Waals surface area contributed by atoms with Crippen molar-refractivity contribution in [3.05, 3.63) is 174 Å². The van der Waals surface area contributed by atoms with Crippen LogP contribution in [0.3, 0.4) is 0 Å². The first-order chi connectivity index (χ1) is 25.0. The molecule has 0 amide bonds. The molecular formula is C49H34O2. The molecule has 2 nitrogen and oxygen atoms in total. The van der Waals surface area contributed by atoms with Crippen LogP contribution < -0.4 is 4.74 Å². The van der Waals surface area contributed by atoms with Crippen LogP contribution in [0.2, 0.25) is 0 Å². The lowest BCUT2D eigenvalue weighted by Gasteiger charge is -2.22. The van der Waals surface area contributed by atoms with Gasteiger partial charge in [0.05, 0.1) is 0 Å². The van der Waals surface area contributed by atoms with Crippen LogP contribution in [-0.4, -0.2) is 0 Å². The molecule has 9 aromatic rings. The minimum Gasteiger partial charge on any atom is -0.485 e. The zero-order valence-electron chi connectivity index (χ0n) is 28.5. The molecule has 2 aliphatic rings. The van der Waals surface area contributed by atoms with Gasteiger partial charge in [-0.25, -0.2) is 0 Å². The average Bonchev–Trinajstić information content (AvgIpc) is 3.84. The van der Waals surface area contributed by atoms with E-state index in [2.05, 4.69) is 159 Å². The van der Waals surface area contributed by atoms with Gasteiger partial charge >= 0.3 is 0 Å². The van der Waals surface area contributed by atoms with Crippen molar-refractivity contribution >= 4 is 43.5 Å². The smallest absolute Gasteiger partial charge is 0.136 e. The highest BCUT2D eigenvalue weighted by molar-refractivity contribution is 6.22. The fourth-order valence-corrected chi connectivity index (χ4v) is 9.20. The topological polar surface area (TPSA) is 22.4 Å². The Labute approximate surface area is 296 Å². The summed E-state index contributed by atoms with van der Waals surface area (Å²) in [7, 11) is 0. The minimum absolute atomic E-state index is 0.0449. The van der Waals surface area contributed by atoms with E-state index in [1.165, 1.54) is 88.0 Å². The quantitative estimate of drug-likeness (QED) is 0.177. The van der Waals surface area contributed by atoms with Crippen molar-refractivity contribution in [3.8, 4) is 39.1 Å². The maximum absolute atomic E-state index is 6.39. The van der Waals surface area contributed by atoms with E-state index in [9.17, 15) is 0 Å². The van der Waals surface area contributed by atoms with Crippen molar-refractivity contribution in [1.82, 2.24) is 0 Å². The molecule has 11 rings (SSSR count). The number of fused-ring (bicyclic) bond motifs is 10. The molecule has 1 atom stereocenters. The third kappa shape index (κ3) is 4.05. The summed E-state index contributed by atoms with van der Waals surface area (Å²) in [6, 6.07) is 55.4. The van der Waals surface area contributed by atoms with E-state index >= 15 is 0 Å². The molecule has 0 fully saturated rings. The predicted octanol–water partition coefficient (Wildman–Crippen LogP) is 13.2. The Morgan fingerprint density at radius 3 is 1.80 bits per heavy atom. The molecule has 242 valence electrons. The Morgan fingerprint density at radius 1 is 0.510 bits per heavy atom. The summed E-state index contributed by atoms with van der Waals surface area (Å²) < 4.78 is 12.7. The second-order valence-corrected chi connectivity index (χ2v) is 14.7. The second-order valence-electron chi connectivity index (χ2n) is 14.7. The summed E-state index contributed by atoms with van der Waals surface area (Å²) in [5, 5.41) is 7.42. The molecule has 0 N–H and O–H groups in total. The maximum Gasteiger partial charge on any atom is 0.136 e. The molecule has 0 saturated carbocycles. The Kier molecular flexibility index (Phi) is 5.88. The van der Waals surface area contributed by atoms with Gasteiger partial charge in [0.15, 0.2) is 0 Å².